The van der Waals surface area contributed by atoms with E-state index in [9.17, 15) is 15.2 Å². The Labute approximate surface area is 144 Å². The van der Waals surface area contributed by atoms with Crippen molar-refractivity contribution in [2.24, 2.45) is 0 Å². The van der Waals surface area contributed by atoms with E-state index in [2.05, 4.69) is 9.88 Å². The smallest absolute Gasteiger partial charge is 0.206 e. The van der Waals surface area contributed by atoms with E-state index < -0.39 is 0 Å². The normalized spacial score (nSPS) is 15.5. The van der Waals surface area contributed by atoms with Gasteiger partial charge in [0.15, 0.2) is 0 Å². The van der Waals surface area contributed by atoms with Crippen LogP contribution in [0.4, 0.5) is 0 Å². The Bertz CT molecular complexity index is 1080. The number of fused-ring (bicyclic) bond motifs is 3. The predicted octanol–water partition coefficient (Wildman–Crippen LogP) is 0.475. The van der Waals surface area contributed by atoms with Crippen LogP contribution in [0.3, 0.4) is 0 Å². The number of nitrogens with zero attached hydrogens (tertiary/aromatic N) is 2. The van der Waals surface area contributed by atoms with Gasteiger partial charge in [-0.15, -0.1) is 0 Å². The third kappa shape index (κ3) is 2.23. The molecule has 2 heterocycles. The van der Waals surface area contributed by atoms with Crippen molar-refractivity contribution in [3.63, 3.8) is 0 Å². The zero-order valence-electron chi connectivity index (χ0n) is 13.8. The van der Waals surface area contributed by atoms with Crippen molar-refractivity contribution in [3.8, 4) is 6.07 Å². The molecule has 1 aliphatic heterocycles. The monoisotopic (exact) mass is 331 g/mol. The van der Waals surface area contributed by atoms with E-state index in [1.165, 1.54) is 0 Å². The van der Waals surface area contributed by atoms with Crippen LogP contribution in [0.25, 0.3) is 11.8 Å². The molecular weight excluding hydrogens is 314 g/mol. The van der Waals surface area contributed by atoms with Gasteiger partial charge >= 0.3 is 0 Å². The molecule has 0 amide bonds. The number of aliphatic hydroxyl groups excluding tert-OH is 1. The Hall–Kier alpha value is -3.10. The predicted molar refractivity (Wildman–Crippen MR) is 93.8 cm³/mol. The summed E-state index contributed by atoms with van der Waals surface area (Å²) in [5.41, 5.74) is 4.31. The highest BCUT2D eigenvalue weighted by molar-refractivity contribution is 6.16. The first kappa shape index (κ1) is 15.4. The highest BCUT2D eigenvalue weighted by atomic mass is 16.3. The maximum atomic E-state index is 12.8. The van der Waals surface area contributed by atoms with Crippen LogP contribution in [0.5, 0.6) is 0 Å². The zero-order chi connectivity index (χ0) is 17.6. The van der Waals surface area contributed by atoms with Crippen molar-refractivity contribution >= 4 is 17.6 Å². The van der Waals surface area contributed by atoms with E-state index in [4.69, 9.17) is 0 Å². The molecule has 0 radical (unpaired) electrons. The largest absolute Gasteiger partial charge is 0.392 e. The number of nitriles is 1. The van der Waals surface area contributed by atoms with Crippen LogP contribution in [0.15, 0.2) is 35.9 Å². The minimum atomic E-state index is -0.207. The van der Waals surface area contributed by atoms with Gasteiger partial charge < -0.3 is 15.0 Å². The number of aliphatic hydroxyl groups is 1. The number of hydrogen-bond donors (Lipinski definition) is 2. The van der Waals surface area contributed by atoms with Crippen LogP contribution >= 0.6 is 0 Å². The van der Waals surface area contributed by atoms with Crippen LogP contribution < -0.4 is 16.0 Å². The molecule has 0 spiro atoms. The summed E-state index contributed by atoms with van der Waals surface area (Å²) in [5.74, 6) is -0.207. The van der Waals surface area contributed by atoms with Crippen LogP contribution in [0, 0.1) is 18.3 Å². The third-order valence-corrected chi connectivity index (χ3v) is 4.86. The van der Waals surface area contributed by atoms with Gasteiger partial charge in [-0.3, -0.25) is 4.79 Å². The molecule has 2 N–H and O–H groups in total. The minimum Gasteiger partial charge on any atom is -0.392 e. The second-order valence-electron chi connectivity index (χ2n) is 6.25. The lowest BCUT2D eigenvalue weighted by molar-refractivity contribution is 0.103. The molecule has 4 rings (SSSR count). The molecule has 0 atom stereocenters. The Morgan fingerprint density at radius 3 is 2.76 bits per heavy atom. The molecule has 0 bridgehead atoms. The summed E-state index contributed by atoms with van der Waals surface area (Å²) in [6.45, 7) is 3.48. The highest BCUT2D eigenvalue weighted by Gasteiger charge is 2.27. The van der Waals surface area contributed by atoms with Crippen molar-refractivity contribution in [1.82, 2.24) is 9.88 Å². The standard InChI is InChI=1S/C20H17N3O2/c1-12-17-10-22-6-7-23(17)19-16(8-15(9-21)20(25)18(12)19)14-4-2-13(11-24)3-5-14/h2-5,8,10,22,24H,6-7,11H2,1H3. The molecule has 1 aliphatic carbocycles. The van der Waals surface area contributed by atoms with Crippen molar-refractivity contribution in [3.05, 3.63) is 68.9 Å². The van der Waals surface area contributed by atoms with Crippen LogP contribution in [0.1, 0.15) is 27.0 Å². The number of Topliss-reactive ketones (excluding diaryl/α,β-unsaturated/α-hetero) is 1. The summed E-state index contributed by atoms with van der Waals surface area (Å²) in [4.78, 5) is 12.8. The Kier molecular flexibility index (Phi) is 3.56. The average Bonchev–Trinajstić information content (AvgIpc) is 2.96. The van der Waals surface area contributed by atoms with Crippen molar-refractivity contribution in [2.45, 2.75) is 20.1 Å². The van der Waals surface area contributed by atoms with E-state index in [0.717, 1.165) is 46.1 Å². The first-order valence-electron chi connectivity index (χ1n) is 8.19. The summed E-state index contributed by atoms with van der Waals surface area (Å²) in [6, 6.07) is 9.61. The zero-order valence-corrected chi connectivity index (χ0v) is 13.8. The molecule has 0 saturated heterocycles. The first-order valence-corrected chi connectivity index (χ1v) is 8.19. The van der Waals surface area contributed by atoms with Gasteiger partial charge in [-0.1, -0.05) is 24.3 Å². The molecule has 0 fully saturated rings. The van der Waals surface area contributed by atoms with Crippen molar-refractivity contribution in [1.29, 1.82) is 5.26 Å². The summed E-state index contributed by atoms with van der Waals surface area (Å²) < 4.78 is 2.15. The van der Waals surface area contributed by atoms with Gasteiger partial charge in [0.25, 0.3) is 0 Å². The molecule has 2 aliphatic rings. The minimum absolute atomic E-state index is 0.0150. The summed E-state index contributed by atoms with van der Waals surface area (Å²) in [5, 5.41) is 23.8. The fourth-order valence-corrected chi connectivity index (χ4v) is 3.59. The molecule has 5 nitrogen and oxygen atoms in total. The van der Waals surface area contributed by atoms with E-state index >= 15 is 0 Å². The SMILES string of the molecule is Cc1c2c(n3c1=CNCC3)=C(c1ccc(CO)cc1)C=C(C#N)C2=O. The van der Waals surface area contributed by atoms with Gasteiger partial charge in [-0.25, -0.2) is 0 Å². The molecular formula is C20H17N3O2. The average molecular weight is 331 g/mol. The lowest BCUT2D eigenvalue weighted by Crippen LogP contribution is -2.39. The van der Waals surface area contributed by atoms with E-state index in [1.807, 2.05) is 43.5 Å². The highest BCUT2D eigenvalue weighted by Crippen LogP contribution is 2.22. The second kappa shape index (κ2) is 5.76. The quantitative estimate of drug-likeness (QED) is 0.839. The molecule has 2 aromatic rings. The topological polar surface area (TPSA) is 78.0 Å². The molecule has 1 aromatic heterocycles. The number of aromatic nitrogens is 1. The Morgan fingerprint density at radius 1 is 1.32 bits per heavy atom. The number of allylic oxidation sites excluding steroid dienone is 2. The number of nitrogens with one attached hydrogen (secondary N) is 1. The lowest BCUT2D eigenvalue weighted by atomic mass is 9.91. The molecule has 1 aromatic carbocycles. The number of carbonyl (C=O) groups is 1. The number of hydrogen-bond acceptors (Lipinski definition) is 4. The maximum absolute atomic E-state index is 12.8. The summed E-state index contributed by atoms with van der Waals surface area (Å²) >= 11 is 0. The number of carbonyl (C=O) groups excluding carboxylic acids is 1. The number of benzene rings is 1. The Balaban J connectivity index is 2.12. The van der Waals surface area contributed by atoms with Gasteiger partial charge in [0, 0.05) is 24.9 Å². The van der Waals surface area contributed by atoms with Gasteiger partial charge in [-0.2, -0.15) is 5.26 Å². The fraction of sp³-hybridized carbons (Fsp3) is 0.200. The fourth-order valence-electron chi connectivity index (χ4n) is 3.59. The third-order valence-electron chi connectivity index (χ3n) is 4.86. The summed E-state index contributed by atoms with van der Waals surface area (Å²) in [7, 11) is 0. The van der Waals surface area contributed by atoms with E-state index in [-0.39, 0.29) is 18.0 Å². The van der Waals surface area contributed by atoms with Crippen LogP contribution in [-0.4, -0.2) is 22.0 Å². The molecule has 0 saturated carbocycles. The van der Waals surface area contributed by atoms with Gasteiger partial charge in [0.1, 0.15) is 11.6 Å². The van der Waals surface area contributed by atoms with Crippen molar-refractivity contribution in [2.75, 3.05) is 6.54 Å². The number of ketones is 1. The van der Waals surface area contributed by atoms with E-state index in [0.29, 0.717) is 5.56 Å². The lowest BCUT2D eigenvalue weighted by Gasteiger charge is -2.15. The first-order chi connectivity index (χ1) is 12.2. The van der Waals surface area contributed by atoms with Gasteiger partial charge in [0.05, 0.1) is 22.9 Å². The van der Waals surface area contributed by atoms with E-state index in [1.54, 1.807) is 6.08 Å². The van der Waals surface area contributed by atoms with Crippen LogP contribution in [0.2, 0.25) is 0 Å². The summed E-state index contributed by atoms with van der Waals surface area (Å²) in [6.07, 6.45) is 3.62. The maximum Gasteiger partial charge on any atom is 0.206 e. The second-order valence-corrected chi connectivity index (χ2v) is 6.25. The molecule has 5 heteroatoms. The Morgan fingerprint density at radius 2 is 2.08 bits per heavy atom. The molecule has 25 heavy (non-hydrogen) atoms. The molecule has 0 unspecified atom stereocenters. The van der Waals surface area contributed by atoms with Gasteiger partial charge in [-0.05, 0) is 29.7 Å². The van der Waals surface area contributed by atoms with Crippen molar-refractivity contribution < 1.29 is 9.90 Å². The van der Waals surface area contributed by atoms with Gasteiger partial charge in [0.2, 0.25) is 5.78 Å². The molecule has 124 valence electrons. The number of rotatable bonds is 2. The van der Waals surface area contributed by atoms with Crippen LogP contribution in [-0.2, 0) is 13.2 Å².